The second kappa shape index (κ2) is 7.71. The third-order valence-corrected chi connectivity index (χ3v) is 5.02. The number of carbonyl (C=O) groups excluding carboxylic acids is 1. The number of benzene rings is 1. The maximum atomic E-state index is 12.7. The van der Waals surface area contributed by atoms with Crippen LogP contribution in [0.4, 0.5) is 0 Å². The predicted molar refractivity (Wildman–Crippen MR) is 96.2 cm³/mol. The van der Waals surface area contributed by atoms with Gasteiger partial charge in [-0.3, -0.25) is 4.79 Å². The highest BCUT2D eigenvalue weighted by atomic mass is 16.6. The molecular weight excluding hydrogens is 316 g/mol. The first-order chi connectivity index (χ1) is 12.1. The van der Waals surface area contributed by atoms with Crippen LogP contribution < -0.4 is 5.32 Å². The van der Waals surface area contributed by atoms with Gasteiger partial charge in [-0.2, -0.15) is 0 Å². The molecule has 2 aliphatic heterocycles. The Morgan fingerprint density at radius 1 is 1.36 bits per heavy atom. The molecule has 0 aromatic heterocycles. The molecule has 1 unspecified atom stereocenters. The summed E-state index contributed by atoms with van der Waals surface area (Å²) in [6, 6.07) is 8.25. The molecule has 0 bridgehead atoms. The Morgan fingerprint density at radius 3 is 2.76 bits per heavy atom. The van der Waals surface area contributed by atoms with Crippen molar-refractivity contribution in [3.05, 3.63) is 35.4 Å². The summed E-state index contributed by atoms with van der Waals surface area (Å²) in [4.78, 5) is 18.4. The lowest BCUT2D eigenvalue weighted by Crippen LogP contribution is -2.46. The van der Waals surface area contributed by atoms with Gasteiger partial charge in [-0.25, -0.2) is 0 Å². The van der Waals surface area contributed by atoms with Crippen LogP contribution in [0, 0.1) is 24.7 Å². The van der Waals surface area contributed by atoms with Crippen molar-refractivity contribution in [1.82, 2.24) is 5.32 Å². The SMILES string of the molecule is C#CCNC(=O)C1(CC2CC(c3ccc(C)cc3)=NO2)CCOCC1. The maximum Gasteiger partial charge on any atom is 0.227 e. The minimum atomic E-state index is -0.488. The number of terminal acetylenes is 1. The van der Waals surface area contributed by atoms with Gasteiger partial charge in [0.05, 0.1) is 17.7 Å². The van der Waals surface area contributed by atoms with Gasteiger partial charge in [0.25, 0.3) is 0 Å². The minimum absolute atomic E-state index is 0.00105. The fraction of sp³-hybridized carbons (Fsp3) is 0.500. The average Bonchev–Trinajstić information content (AvgIpc) is 3.09. The molecule has 5 heteroatoms. The van der Waals surface area contributed by atoms with Crippen LogP contribution in [0.15, 0.2) is 29.4 Å². The van der Waals surface area contributed by atoms with E-state index >= 15 is 0 Å². The standard InChI is InChI=1S/C20H24N2O3/c1-3-10-21-19(23)20(8-11-24-12-9-20)14-17-13-18(22-25-17)16-6-4-15(2)5-7-16/h1,4-7,17H,8-14H2,2H3,(H,21,23). The summed E-state index contributed by atoms with van der Waals surface area (Å²) in [6.45, 7) is 3.48. The van der Waals surface area contributed by atoms with E-state index < -0.39 is 5.41 Å². The van der Waals surface area contributed by atoms with Crippen LogP contribution in [0.1, 0.15) is 36.8 Å². The molecular formula is C20H24N2O3. The Kier molecular flexibility index (Phi) is 5.40. The van der Waals surface area contributed by atoms with E-state index in [0.29, 0.717) is 38.9 Å². The molecule has 1 aromatic rings. The van der Waals surface area contributed by atoms with Crippen LogP contribution in [0.25, 0.3) is 0 Å². The summed E-state index contributed by atoms with van der Waals surface area (Å²) in [5.74, 6) is 2.47. The van der Waals surface area contributed by atoms with Crippen LogP contribution in [0.2, 0.25) is 0 Å². The van der Waals surface area contributed by atoms with Crippen molar-refractivity contribution >= 4 is 11.6 Å². The van der Waals surface area contributed by atoms with Gasteiger partial charge in [0.2, 0.25) is 5.91 Å². The van der Waals surface area contributed by atoms with Gasteiger partial charge < -0.3 is 14.9 Å². The van der Waals surface area contributed by atoms with Crippen LogP contribution >= 0.6 is 0 Å². The van der Waals surface area contributed by atoms with Crippen molar-refractivity contribution in [3.8, 4) is 12.3 Å². The summed E-state index contributed by atoms with van der Waals surface area (Å²) >= 11 is 0. The molecule has 0 spiro atoms. The number of hydrogen-bond donors (Lipinski definition) is 1. The monoisotopic (exact) mass is 340 g/mol. The first-order valence-electron chi connectivity index (χ1n) is 8.72. The van der Waals surface area contributed by atoms with Gasteiger partial charge in [0.1, 0.15) is 6.10 Å². The van der Waals surface area contributed by atoms with E-state index in [1.165, 1.54) is 5.56 Å². The number of hydrogen-bond acceptors (Lipinski definition) is 4. The van der Waals surface area contributed by atoms with Crippen LogP contribution in [0.3, 0.4) is 0 Å². The highest BCUT2D eigenvalue weighted by Gasteiger charge is 2.43. The Hall–Kier alpha value is -2.32. The normalized spacial score (nSPS) is 21.8. The zero-order valence-corrected chi connectivity index (χ0v) is 14.6. The number of carbonyl (C=O) groups is 1. The van der Waals surface area contributed by atoms with Crippen molar-refractivity contribution in [3.63, 3.8) is 0 Å². The highest BCUT2D eigenvalue weighted by molar-refractivity contribution is 6.01. The van der Waals surface area contributed by atoms with Gasteiger partial charge >= 0.3 is 0 Å². The van der Waals surface area contributed by atoms with Gasteiger partial charge in [-0.05, 0) is 25.3 Å². The lowest BCUT2D eigenvalue weighted by Gasteiger charge is -2.36. The summed E-state index contributed by atoms with van der Waals surface area (Å²) in [5, 5.41) is 7.10. The van der Waals surface area contributed by atoms with Crippen molar-refractivity contribution < 1.29 is 14.4 Å². The van der Waals surface area contributed by atoms with Crippen molar-refractivity contribution in [1.29, 1.82) is 0 Å². The summed E-state index contributed by atoms with van der Waals surface area (Å²) in [6.07, 6.45) is 7.90. The third kappa shape index (κ3) is 4.02. The van der Waals surface area contributed by atoms with E-state index in [0.717, 1.165) is 11.3 Å². The number of oxime groups is 1. The predicted octanol–water partition coefficient (Wildman–Crippen LogP) is 2.42. The fourth-order valence-electron chi connectivity index (χ4n) is 3.49. The molecule has 0 saturated carbocycles. The molecule has 1 amide bonds. The molecule has 1 fully saturated rings. The van der Waals surface area contributed by atoms with Crippen molar-refractivity contribution in [2.75, 3.05) is 19.8 Å². The van der Waals surface area contributed by atoms with E-state index in [9.17, 15) is 4.79 Å². The van der Waals surface area contributed by atoms with Gasteiger partial charge in [-0.1, -0.05) is 40.9 Å². The van der Waals surface area contributed by atoms with E-state index in [1.807, 2.05) is 0 Å². The van der Waals surface area contributed by atoms with Crippen LogP contribution in [-0.4, -0.2) is 37.5 Å². The summed E-state index contributed by atoms with van der Waals surface area (Å²) in [5.41, 5.74) is 2.74. The second-order valence-electron chi connectivity index (χ2n) is 6.82. The van der Waals surface area contributed by atoms with Gasteiger partial charge in [-0.15, -0.1) is 6.42 Å². The molecule has 3 rings (SSSR count). The molecule has 132 valence electrons. The zero-order valence-electron chi connectivity index (χ0n) is 14.6. The summed E-state index contributed by atoms with van der Waals surface area (Å²) in [7, 11) is 0. The number of nitrogens with one attached hydrogen (secondary N) is 1. The van der Waals surface area contributed by atoms with Gasteiger partial charge in [0, 0.05) is 26.1 Å². The zero-order chi connectivity index (χ0) is 17.7. The maximum absolute atomic E-state index is 12.7. The minimum Gasteiger partial charge on any atom is -0.392 e. The Morgan fingerprint density at radius 2 is 2.08 bits per heavy atom. The van der Waals surface area contributed by atoms with Crippen molar-refractivity contribution in [2.24, 2.45) is 10.6 Å². The largest absolute Gasteiger partial charge is 0.392 e. The lowest BCUT2D eigenvalue weighted by atomic mass is 9.74. The molecule has 2 aliphatic rings. The number of amides is 1. The smallest absolute Gasteiger partial charge is 0.227 e. The number of ether oxygens (including phenoxy) is 1. The topological polar surface area (TPSA) is 59.9 Å². The average molecular weight is 340 g/mol. The first-order valence-corrected chi connectivity index (χ1v) is 8.72. The highest BCUT2D eigenvalue weighted by Crippen LogP contribution is 2.38. The molecule has 1 atom stereocenters. The third-order valence-electron chi connectivity index (χ3n) is 5.02. The quantitative estimate of drug-likeness (QED) is 0.838. The molecule has 1 saturated heterocycles. The molecule has 0 radical (unpaired) electrons. The second-order valence-corrected chi connectivity index (χ2v) is 6.82. The Balaban J connectivity index is 1.66. The molecule has 25 heavy (non-hydrogen) atoms. The van der Waals surface area contributed by atoms with E-state index in [1.54, 1.807) is 0 Å². The van der Waals surface area contributed by atoms with E-state index in [2.05, 4.69) is 47.6 Å². The molecule has 2 heterocycles. The first kappa shape index (κ1) is 17.5. The number of nitrogens with zero attached hydrogens (tertiary/aromatic N) is 1. The summed E-state index contributed by atoms with van der Waals surface area (Å²) < 4.78 is 5.46. The van der Waals surface area contributed by atoms with Crippen LogP contribution in [0.5, 0.6) is 0 Å². The molecule has 0 aliphatic carbocycles. The Labute approximate surface area is 148 Å². The van der Waals surface area contributed by atoms with Crippen molar-refractivity contribution in [2.45, 2.75) is 38.7 Å². The fourth-order valence-corrected chi connectivity index (χ4v) is 3.49. The number of rotatable bonds is 5. The van der Waals surface area contributed by atoms with E-state index in [4.69, 9.17) is 16.0 Å². The van der Waals surface area contributed by atoms with Crippen LogP contribution in [-0.2, 0) is 14.4 Å². The molecule has 1 N–H and O–H groups in total. The number of aryl methyl sites for hydroxylation is 1. The van der Waals surface area contributed by atoms with E-state index in [-0.39, 0.29) is 18.6 Å². The molecule has 1 aromatic carbocycles. The lowest BCUT2D eigenvalue weighted by molar-refractivity contribution is -0.139. The molecule has 5 nitrogen and oxygen atoms in total. The Bertz CT molecular complexity index is 682. The van der Waals surface area contributed by atoms with Gasteiger partial charge in [0.15, 0.2) is 0 Å².